The zero-order valence-electron chi connectivity index (χ0n) is 8.22. The predicted molar refractivity (Wildman–Crippen MR) is 52.0 cm³/mol. The molecular weight excluding hydrogens is 200 g/mol. The largest absolute Gasteiger partial charge is 0.480 e. The normalized spacial score (nSPS) is 22.3. The van der Waals surface area contributed by atoms with Crippen LogP contribution in [-0.2, 0) is 9.59 Å². The van der Waals surface area contributed by atoms with Crippen LogP contribution in [0.15, 0.2) is 11.6 Å². The Morgan fingerprint density at radius 2 is 2.33 bits per heavy atom. The van der Waals surface area contributed by atoms with E-state index in [1.165, 1.54) is 0 Å². The minimum absolute atomic E-state index is 0.134. The standard InChI is InChI=1S/C9H14N2O4/c10-7-2-1-6(5-12)3-11(9(7)15)4-8(13)14/h1,7,12H,2-5,10H2,(H,13,14). The topological polar surface area (TPSA) is 104 Å². The second-order valence-electron chi connectivity index (χ2n) is 3.45. The number of carboxylic acid groups (broad SMARTS) is 1. The van der Waals surface area contributed by atoms with Crippen molar-refractivity contribution in [3.05, 3.63) is 11.6 Å². The van der Waals surface area contributed by atoms with Gasteiger partial charge in [0.25, 0.3) is 0 Å². The lowest BCUT2D eigenvalue weighted by Crippen LogP contribution is -2.45. The maximum Gasteiger partial charge on any atom is 0.323 e. The first-order valence-electron chi connectivity index (χ1n) is 4.59. The van der Waals surface area contributed by atoms with Crippen molar-refractivity contribution in [2.75, 3.05) is 19.7 Å². The van der Waals surface area contributed by atoms with E-state index in [1.807, 2.05) is 0 Å². The molecule has 0 saturated carbocycles. The number of rotatable bonds is 3. The minimum atomic E-state index is -1.09. The Morgan fingerprint density at radius 1 is 1.67 bits per heavy atom. The lowest BCUT2D eigenvalue weighted by molar-refractivity contribution is -0.144. The fraction of sp³-hybridized carbons (Fsp3) is 0.556. The number of nitrogens with zero attached hydrogens (tertiary/aromatic N) is 1. The lowest BCUT2D eigenvalue weighted by atomic mass is 10.2. The molecule has 0 aromatic heterocycles. The fourth-order valence-electron chi connectivity index (χ4n) is 1.43. The Labute approximate surface area is 87.0 Å². The van der Waals surface area contributed by atoms with Crippen LogP contribution in [0.4, 0.5) is 0 Å². The van der Waals surface area contributed by atoms with Crippen LogP contribution in [0.25, 0.3) is 0 Å². The summed E-state index contributed by atoms with van der Waals surface area (Å²) in [7, 11) is 0. The Morgan fingerprint density at radius 3 is 2.87 bits per heavy atom. The van der Waals surface area contributed by atoms with Crippen LogP contribution in [0, 0.1) is 0 Å². The molecular formula is C9H14N2O4. The monoisotopic (exact) mass is 214 g/mol. The number of aliphatic hydroxyl groups is 1. The molecule has 1 aliphatic heterocycles. The van der Waals surface area contributed by atoms with E-state index in [-0.39, 0.29) is 19.7 Å². The molecule has 6 heteroatoms. The molecule has 1 unspecified atom stereocenters. The molecule has 0 aromatic rings. The van der Waals surface area contributed by atoms with E-state index in [2.05, 4.69) is 0 Å². The molecule has 0 spiro atoms. The quantitative estimate of drug-likeness (QED) is 0.498. The van der Waals surface area contributed by atoms with E-state index in [4.69, 9.17) is 15.9 Å². The molecule has 0 aromatic carbocycles. The van der Waals surface area contributed by atoms with E-state index in [1.54, 1.807) is 6.08 Å². The van der Waals surface area contributed by atoms with Crippen molar-refractivity contribution >= 4 is 11.9 Å². The smallest absolute Gasteiger partial charge is 0.323 e. The first-order valence-corrected chi connectivity index (χ1v) is 4.59. The SMILES string of the molecule is NC1CC=C(CO)CN(CC(=O)O)C1=O. The van der Waals surface area contributed by atoms with Gasteiger partial charge in [-0.1, -0.05) is 6.08 Å². The zero-order valence-corrected chi connectivity index (χ0v) is 8.22. The minimum Gasteiger partial charge on any atom is -0.480 e. The number of nitrogens with two attached hydrogens (primary N) is 1. The van der Waals surface area contributed by atoms with Gasteiger partial charge in [0, 0.05) is 6.54 Å². The second kappa shape index (κ2) is 4.90. The molecule has 1 aliphatic rings. The van der Waals surface area contributed by atoms with Crippen LogP contribution in [0.3, 0.4) is 0 Å². The highest BCUT2D eigenvalue weighted by atomic mass is 16.4. The first-order chi connectivity index (χ1) is 7.04. The Hall–Kier alpha value is -1.40. The van der Waals surface area contributed by atoms with E-state index in [0.29, 0.717) is 12.0 Å². The highest BCUT2D eigenvalue weighted by Gasteiger charge is 2.25. The van der Waals surface area contributed by atoms with Crippen molar-refractivity contribution in [1.29, 1.82) is 0 Å². The number of aliphatic hydroxyl groups excluding tert-OH is 1. The fourth-order valence-corrected chi connectivity index (χ4v) is 1.43. The van der Waals surface area contributed by atoms with Crippen LogP contribution in [0.2, 0.25) is 0 Å². The number of hydrogen-bond acceptors (Lipinski definition) is 4. The highest BCUT2D eigenvalue weighted by molar-refractivity contribution is 5.86. The Kier molecular flexibility index (Phi) is 3.81. The summed E-state index contributed by atoms with van der Waals surface area (Å²) in [4.78, 5) is 23.2. The van der Waals surface area contributed by atoms with Gasteiger partial charge in [-0.15, -0.1) is 0 Å². The highest BCUT2D eigenvalue weighted by Crippen LogP contribution is 2.10. The van der Waals surface area contributed by atoms with Crippen molar-refractivity contribution in [2.45, 2.75) is 12.5 Å². The summed E-state index contributed by atoms with van der Waals surface area (Å²) in [6.45, 7) is -0.435. The molecule has 0 aliphatic carbocycles. The second-order valence-corrected chi connectivity index (χ2v) is 3.45. The summed E-state index contributed by atoms with van der Waals surface area (Å²) in [6.07, 6.45) is 2.02. The zero-order chi connectivity index (χ0) is 11.4. The van der Waals surface area contributed by atoms with E-state index in [0.717, 1.165) is 4.90 Å². The van der Waals surface area contributed by atoms with Gasteiger partial charge in [0.2, 0.25) is 5.91 Å². The molecule has 6 nitrogen and oxygen atoms in total. The lowest BCUT2D eigenvalue weighted by Gasteiger charge is -2.21. The average Bonchev–Trinajstić information content (AvgIpc) is 2.31. The molecule has 4 N–H and O–H groups in total. The van der Waals surface area contributed by atoms with Gasteiger partial charge in [0.15, 0.2) is 0 Å². The summed E-state index contributed by atoms with van der Waals surface area (Å²) < 4.78 is 0. The van der Waals surface area contributed by atoms with Gasteiger partial charge in [0.1, 0.15) is 6.54 Å². The van der Waals surface area contributed by atoms with Crippen molar-refractivity contribution in [3.63, 3.8) is 0 Å². The number of carbonyl (C=O) groups is 2. The van der Waals surface area contributed by atoms with Gasteiger partial charge in [-0.3, -0.25) is 9.59 Å². The molecule has 1 rings (SSSR count). The molecule has 1 heterocycles. The van der Waals surface area contributed by atoms with Crippen molar-refractivity contribution in [2.24, 2.45) is 5.73 Å². The first kappa shape index (κ1) is 11.7. The number of hydrogen-bond donors (Lipinski definition) is 3. The molecule has 0 saturated heterocycles. The average molecular weight is 214 g/mol. The van der Waals surface area contributed by atoms with E-state index >= 15 is 0 Å². The van der Waals surface area contributed by atoms with Crippen LogP contribution in [0.1, 0.15) is 6.42 Å². The summed E-state index contributed by atoms with van der Waals surface area (Å²) in [6, 6.07) is -0.714. The van der Waals surface area contributed by atoms with Crippen LogP contribution < -0.4 is 5.73 Å². The van der Waals surface area contributed by atoms with Crippen molar-refractivity contribution in [3.8, 4) is 0 Å². The molecule has 1 amide bonds. The molecule has 84 valence electrons. The van der Waals surface area contributed by atoms with E-state index in [9.17, 15) is 9.59 Å². The molecule has 1 atom stereocenters. The summed E-state index contributed by atoms with van der Waals surface area (Å²) in [5.41, 5.74) is 6.17. The third-order valence-corrected chi connectivity index (χ3v) is 2.21. The van der Waals surface area contributed by atoms with Crippen molar-refractivity contribution in [1.82, 2.24) is 4.90 Å². The van der Waals surface area contributed by atoms with E-state index < -0.39 is 17.9 Å². The number of carboxylic acids is 1. The molecule has 0 radical (unpaired) electrons. The molecule has 0 fully saturated rings. The van der Waals surface area contributed by atoms with Crippen LogP contribution in [0.5, 0.6) is 0 Å². The van der Waals surface area contributed by atoms with Gasteiger partial charge in [0.05, 0.1) is 12.6 Å². The van der Waals surface area contributed by atoms with Gasteiger partial charge in [-0.2, -0.15) is 0 Å². The third kappa shape index (κ3) is 3.03. The van der Waals surface area contributed by atoms with Gasteiger partial charge in [-0.25, -0.2) is 0 Å². The number of aliphatic carboxylic acids is 1. The molecule has 15 heavy (non-hydrogen) atoms. The van der Waals surface area contributed by atoms with Crippen molar-refractivity contribution < 1.29 is 19.8 Å². The molecule has 0 bridgehead atoms. The van der Waals surface area contributed by atoms with Gasteiger partial charge < -0.3 is 20.8 Å². The van der Waals surface area contributed by atoms with Gasteiger partial charge in [-0.05, 0) is 12.0 Å². The number of carbonyl (C=O) groups excluding carboxylic acids is 1. The van der Waals surface area contributed by atoms with Gasteiger partial charge >= 0.3 is 5.97 Å². The summed E-state index contributed by atoms with van der Waals surface area (Å²) >= 11 is 0. The maximum absolute atomic E-state index is 11.6. The third-order valence-electron chi connectivity index (χ3n) is 2.21. The predicted octanol–water partition coefficient (Wildman–Crippen LogP) is -1.45. The summed E-state index contributed by atoms with van der Waals surface area (Å²) in [5.74, 6) is -1.48. The number of amides is 1. The van der Waals surface area contributed by atoms with Crippen LogP contribution >= 0.6 is 0 Å². The Balaban J connectivity index is 2.78. The maximum atomic E-state index is 11.6. The Bertz CT molecular complexity index is 300. The van der Waals surface area contributed by atoms with Crippen LogP contribution in [-0.4, -0.2) is 52.7 Å². The summed E-state index contributed by atoms with van der Waals surface area (Å²) in [5, 5.41) is 17.5.